The van der Waals surface area contributed by atoms with E-state index in [1.165, 1.54) is 16.7 Å². The van der Waals surface area contributed by atoms with E-state index in [9.17, 15) is 5.11 Å². The molecule has 0 saturated heterocycles. The first kappa shape index (κ1) is 28.6. The van der Waals surface area contributed by atoms with Gasteiger partial charge in [-0.3, -0.25) is 9.80 Å². The number of rotatable bonds is 2. The standard InChI is InChI=1S/C37H40N2O5/c1-22-16-25-12-14-38(2)29-17-23-6-9-27(10-7-23)43-33-19-24(8-11-31(33)41-4)18-30-35-26(13-15-39(30)3)20-34(42-5)36(40)37(35)44-32(22)21-28(25)29/h6-11,16,19-21,29-30,40H,12-15,17-18H2,1-5H3/t29-,30-/m0/s1. The molecule has 4 aromatic carbocycles. The summed E-state index contributed by atoms with van der Waals surface area (Å²) in [5.74, 6) is 3.83. The third-order valence-corrected chi connectivity index (χ3v) is 9.67. The van der Waals surface area contributed by atoms with Gasteiger partial charge in [-0.05, 0) is 116 Å². The van der Waals surface area contributed by atoms with Gasteiger partial charge in [0.05, 0.1) is 14.2 Å². The van der Waals surface area contributed by atoms with Gasteiger partial charge in [0.1, 0.15) is 11.5 Å². The van der Waals surface area contributed by atoms with Crippen molar-refractivity contribution in [3.63, 3.8) is 0 Å². The number of benzene rings is 4. The lowest BCUT2D eigenvalue weighted by Gasteiger charge is -2.37. The summed E-state index contributed by atoms with van der Waals surface area (Å²) in [6.45, 7) is 3.97. The first-order chi connectivity index (χ1) is 21.3. The minimum absolute atomic E-state index is 0.0324. The van der Waals surface area contributed by atoms with Crippen molar-refractivity contribution in [3.05, 3.63) is 99.6 Å². The highest BCUT2D eigenvalue weighted by Crippen LogP contribution is 2.50. The predicted octanol–water partition coefficient (Wildman–Crippen LogP) is 7.16. The molecule has 7 heteroatoms. The van der Waals surface area contributed by atoms with Gasteiger partial charge in [-0.25, -0.2) is 0 Å². The van der Waals surface area contributed by atoms with Crippen LogP contribution in [0.1, 0.15) is 51.0 Å². The number of aromatic hydroxyl groups is 1. The van der Waals surface area contributed by atoms with Crippen LogP contribution in [0.25, 0.3) is 0 Å². The van der Waals surface area contributed by atoms with Gasteiger partial charge in [0.2, 0.25) is 5.75 Å². The number of phenolic OH excluding ortho intramolecular Hbond substituents is 1. The van der Waals surface area contributed by atoms with E-state index >= 15 is 0 Å². The quantitative estimate of drug-likeness (QED) is 0.265. The van der Waals surface area contributed by atoms with Crippen molar-refractivity contribution in [1.82, 2.24) is 9.80 Å². The molecule has 0 aliphatic carbocycles. The van der Waals surface area contributed by atoms with Crippen LogP contribution in [0.3, 0.4) is 0 Å². The second kappa shape index (κ2) is 11.4. The average Bonchev–Trinajstić information content (AvgIpc) is 3.02. The number of ether oxygens (including phenoxy) is 4. The molecule has 4 aromatic rings. The fraction of sp³-hybridized carbons (Fsp3) is 0.351. The number of phenols is 1. The predicted molar refractivity (Wildman–Crippen MR) is 171 cm³/mol. The number of likely N-dealkylation sites (N-methyl/N-ethyl adjacent to an activating group) is 2. The van der Waals surface area contributed by atoms with Gasteiger partial charge >= 0.3 is 0 Å². The molecule has 7 nitrogen and oxygen atoms in total. The van der Waals surface area contributed by atoms with E-state index in [1.54, 1.807) is 14.2 Å². The minimum Gasteiger partial charge on any atom is -0.502 e. The molecule has 6 bridgehead atoms. The molecule has 44 heavy (non-hydrogen) atoms. The number of aryl methyl sites for hydroxylation is 1. The largest absolute Gasteiger partial charge is 0.502 e. The van der Waals surface area contributed by atoms with E-state index in [-0.39, 0.29) is 17.8 Å². The summed E-state index contributed by atoms with van der Waals surface area (Å²) in [6, 6.07) is 21.1. The molecule has 0 amide bonds. The van der Waals surface area contributed by atoms with Crippen LogP contribution in [0, 0.1) is 6.92 Å². The Labute approximate surface area is 259 Å². The highest BCUT2D eigenvalue weighted by atomic mass is 16.5. The third kappa shape index (κ3) is 5.04. The third-order valence-electron chi connectivity index (χ3n) is 9.67. The molecule has 4 aliphatic heterocycles. The Balaban J connectivity index is 1.44. The van der Waals surface area contributed by atoms with Crippen LogP contribution in [0.4, 0.5) is 0 Å². The Morgan fingerprint density at radius 2 is 1.41 bits per heavy atom. The first-order valence-corrected chi connectivity index (χ1v) is 15.4. The number of hydrogen-bond acceptors (Lipinski definition) is 7. The highest BCUT2D eigenvalue weighted by molar-refractivity contribution is 5.62. The fourth-order valence-electron chi connectivity index (χ4n) is 7.11. The molecule has 228 valence electrons. The second-order valence-electron chi connectivity index (χ2n) is 12.4. The average molecular weight is 593 g/mol. The van der Waals surface area contributed by atoms with E-state index in [1.807, 2.05) is 24.3 Å². The van der Waals surface area contributed by atoms with E-state index in [0.29, 0.717) is 29.4 Å². The summed E-state index contributed by atoms with van der Waals surface area (Å²) in [6.07, 6.45) is 3.37. The molecule has 4 aliphatic rings. The van der Waals surface area contributed by atoms with Crippen LogP contribution in [0.2, 0.25) is 0 Å². The van der Waals surface area contributed by atoms with Gasteiger partial charge in [0.25, 0.3) is 0 Å². The van der Waals surface area contributed by atoms with Crippen LogP contribution in [0.5, 0.6) is 40.2 Å². The van der Waals surface area contributed by atoms with E-state index < -0.39 is 0 Å². The Bertz CT molecular complexity index is 1720. The van der Waals surface area contributed by atoms with Gasteiger partial charge in [0, 0.05) is 30.7 Å². The summed E-state index contributed by atoms with van der Waals surface area (Å²) in [5.41, 5.74) is 8.14. The van der Waals surface area contributed by atoms with Crippen LogP contribution < -0.4 is 18.9 Å². The second-order valence-corrected chi connectivity index (χ2v) is 12.4. The molecule has 0 aromatic heterocycles. The van der Waals surface area contributed by atoms with Gasteiger partial charge < -0.3 is 24.1 Å². The van der Waals surface area contributed by atoms with Gasteiger partial charge in [-0.2, -0.15) is 0 Å². The molecule has 0 unspecified atom stereocenters. The van der Waals surface area contributed by atoms with Crippen molar-refractivity contribution in [2.75, 3.05) is 41.4 Å². The topological polar surface area (TPSA) is 63.6 Å². The monoisotopic (exact) mass is 592 g/mol. The molecule has 2 atom stereocenters. The van der Waals surface area contributed by atoms with Crippen LogP contribution >= 0.6 is 0 Å². The zero-order valence-corrected chi connectivity index (χ0v) is 26.1. The van der Waals surface area contributed by atoms with Crippen LogP contribution in [-0.4, -0.2) is 56.3 Å². The molecule has 0 saturated carbocycles. The lowest BCUT2D eigenvalue weighted by Crippen LogP contribution is -2.34. The van der Waals surface area contributed by atoms with Crippen LogP contribution in [-0.2, 0) is 25.7 Å². The summed E-state index contributed by atoms with van der Waals surface area (Å²) >= 11 is 0. The lowest BCUT2D eigenvalue weighted by molar-refractivity contribution is 0.221. The number of nitrogens with zero attached hydrogens (tertiary/aromatic N) is 2. The zero-order chi connectivity index (χ0) is 30.5. The SMILES string of the molecule is COc1ccc2cc1Oc1ccc(cc1)C[C@H]1c3cc(c(C)cc3CCN1C)Oc1c(O)c(OC)cc3c1[C@H](C2)N(C)CC3. The molecule has 8 rings (SSSR count). The van der Waals surface area contributed by atoms with Crippen LogP contribution in [0.15, 0.2) is 60.7 Å². The van der Waals surface area contributed by atoms with E-state index in [0.717, 1.165) is 66.1 Å². The van der Waals surface area contributed by atoms with Gasteiger partial charge in [0.15, 0.2) is 23.0 Å². The molecular formula is C37H40N2O5. The summed E-state index contributed by atoms with van der Waals surface area (Å²) < 4.78 is 24.6. The summed E-state index contributed by atoms with van der Waals surface area (Å²) in [7, 11) is 7.59. The van der Waals surface area contributed by atoms with Crippen molar-refractivity contribution in [2.45, 2.75) is 44.7 Å². The molecule has 1 N–H and O–H groups in total. The minimum atomic E-state index is -0.0400. The van der Waals surface area contributed by atoms with Crippen molar-refractivity contribution in [3.8, 4) is 40.2 Å². The van der Waals surface area contributed by atoms with Crippen molar-refractivity contribution in [2.24, 2.45) is 0 Å². The lowest BCUT2D eigenvalue weighted by atomic mass is 9.87. The molecule has 0 fully saturated rings. The zero-order valence-electron chi connectivity index (χ0n) is 26.1. The fourth-order valence-corrected chi connectivity index (χ4v) is 7.11. The molecule has 4 heterocycles. The maximum Gasteiger partial charge on any atom is 0.201 e. The Kier molecular flexibility index (Phi) is 7.39. The normalized spacial score (nSPS) is 19.7. The Morgan fingerprint density at radius 1 is 0.727 bits per heavy atom. The maximum absolute atomic E-state index is 11.6. The number of methoxy groups -OCH3 is 2. The molecule has 0 spiro atoms. The molecule has 0 radical (unpaired) electrons. The smallest absolute Gasteiger partial charge is 0.201 e. The summed E-state index contributed by atoms with van der Waals surface area (Å²) in [4.78, 5) is 4.77. The van der Waals surface area contributed by atoms with E-state index in [2.05, 4.69) is 67.2 Å². The van der Waals surface area contributed by atoms with Crippen molar-refractivity contribution < 1.29 is 24.1 Å². The number of fused-ring (bicyclic) bond motifs is 2. The van der Waals surface area contributed by atoms with Gasteiger partial charge in [-0.15, -0.1) is 0 Å². The van der Waals surface area contributed by atoms with Gasteiger partial charge in [-0.1, -0.05) is 24.3 Å². The maximum atomic E-state index is 11.6. The number of hydrogen-bond donors (Lipinski definition) is 1. The van der Waals surface area contributed by atoms with E-state index in [4.69, 9.17) is 18.9 Å². The molecular weight excluding hydrogens is 552 g/mol. The Hall–Kier alpha value is -4.20. The summed E-state index contributed by atoms with van der Waals surface area (Å²) in [5, 5.41) is 11.6. The first-order valence-electron chi connectivity index (χ1n) is 15.4. The van der Waals surface area contributed by atoms with Crippen molar-refractivity contribution >= 4 is 0 Å². The highest BCUT2D eigenvalue weighted by Gasteiger charge is 2.34. The van der Waals surface area contributed by atoms with Crippen molar-refractivity contribution in [1.29, 1.82) is 0 Å². The Morgan fingerprint density at radius 3 is 2.16 bits per heavy atom.